The Morgan fingerprint density at radius 2 is 0.696 bits per heavy atom. The Morgan fingerprint density at radius 1 is 0.413 bits per heavy atom. The first kappa shape index (κ1) is 44.9. The molecule has 5 nitrogen and oxygen atoms in total. The van der Waals surface area contributed by atoms with Crippen LogP contribution in [-0.4, -0.2) is 31.1 Å². The Hall–Kier alpha value is -1.10. The molecule has 3 N–H and O–H groups in total. The average molecular weight is 650 g/mol. The van der Waals surface area contributed by atoms with Gasteiger partial charge in [-0.1, -0.05) is 189 Å². The first-order chi connectivity index (χ1) is 22.3. The molecular weight excluding hydrogens is 566 g/mol. The van der Waals surface area contributed by atoms with Gasteiger partial charge >= 0.3 is 0 Å². The predicted octanol–water partition coefficient (Wildman–Crippen LogP) is 11.8. The first-order valence-corrected chi connectivity index (χ1v) is 20.6. The van der Waals surface area contributed by atoms with Crippen LogP contribution in [0.5, 0.6) is 0 Å². The van der Waals surface area contributed by atoms with Crippen LogP contribution in [0.2, 0.25) is 0 Å². The standard InChI is InChI=1S/C41H83N3O2/c1-6-42-36-35-39(43-40(45)33-29-25-21-17-13-9-7-11-15-19-23-27-31-37(2)3)44-41(46)34-30-26-22-18-14-10-8-12-16-20-24-28-32-38(4)5/h37-39,42H,6-36H2,1-5H3,(H,43,45)(H,44,46). The number of hydrogen-bond acceptors (Lipinski definition) is 3. The molecule has 0 aromatic rings. The third-order valence-corrected chi connectivity index (χ3v) is 9.40. The summed E-state index contributed by atoms with van der Waals surface area (Å²) in [4.78, 5) is 25.3. The zero-order valence-electron chi connectivity index (χ0n) is 32.0. The van der Waals surface area contributed by atoms with Crippen molar-refractivity contribution in [1.29, 1.82) is 0 Å². The molecule has 274 valence electrons. The highest BCUT2D eigenvalue weighted by Gasteiger charge is 2.14. The number of carbonyl (C=O) groups excluding carboxylic acids is 2. The van der Waals surface area contributed by atoms with Crippen molar-refractivity contribution >= 4 is 11.8 Å². The zero-order chi connectivity index (χ0) is 33.9. The van der Waals surface area contributed by atoms with Gasteiger partial charge in [-0.15, -0.1) is 0 Å². The molecule has 0 aliphatic heterocycles. The Balaban J connectivity index is 3.80. The summed E-state index contributed by atoms with van der Waals surface area (Å²) in [6.07, 6.45) is 35.7. The van der Waals surface area contributed by atoms with Crippen molar-refractivity contribution in [1.82, 2.24) is 16.0 Å². The molecular formula is C41H83N3O2. The van der Waals surface area contributed by atoms with Crippen molar-refractivity contribution in [3.8, 4) is 0 Å². The molecule has 0 rings (SSSR count). The van der Waals surface area contributed by atoms with Crippen molar-refractivity contribution < 1.29 is 9.59 Å². The van der Waals surface area contributed by atoms with Crippen LogP contribution in [0.4, 0.5) is 0 Å². The minimum Gasteiger partial charge on any atom is -0.336 e. The highest BCUT2D eigenvalue weighted by atomic mass is 16.2. The lowest BCUT2D eigenvalue weighted by atomic mass is 10.0. The molecule has 0 spiro atoms. The fourth-order valence-electron chi connectivity index (χ4n) is 6.35. The number of amides is 2. The number of nitrogens with one attached hydrogen (secondary N) is 3. The van der Waals surface area contributed by atoms with Crippen molar-refractivity contribution in [3.63, 3.8) is 0 Å². The van der Waals surface area contributed by atoms with Gasteiger partial charge in [0.15, 0.2) is 0 Å². The largest absolute Gasteiger partial charge is 0.336 e. The molecule has 2 amide bonds. The maximum atomic E-state index is 12.6. The normalized spacial score (nSPS) is 11.7. The van der Waals surface area contributed by atoms with E-state index in [0.717, 1.165) is 57.0 Å². The van der Waals surface area contributed by atoms with Gasteiger partial charge in [-0.05, 0) is 44.2 Å². The van der Waals surface area contributed by atoms with Crippen LogP contribution in [0.15, 0.2) is 0 Å². The molecule has 0 unspecified atom stereocenters. The van der Waals surface area contributed by atoms with Gasteiger partial charge in [-0.3, -0.25) is 9.59 Å². The van der Waals surface area contributed by atoms with E-state index >= 15 is 0 Å². The van der Waals surface area contributed by atoms with Crippen LogP contribution in [0.3, 0.4) is 0 Å². The van der Waals surface area contributed by atoms with Gasteiger partial charge in [0, 0.05) is 12.8 Å². The quantitative estimate of drug-likeness (QED) is 0.0467. The van der Waals surface area contributed by atoms with Crippen LogP contribution in [0.25, 0.3) is 0 Å². The molecule has 0 aromatic carbocycles. The fraction of sp³-hybridized carbons (Fsp3) is 0.951. The van der Waals surface area contributed by atoms with E-state index in [9.17, 15) is 9.59 Å². The minimum atomic E-state index is -0.274. The summed E-state index contributed by atoms with van der Waals surface area (Å²) in [5.74, 6) is 1.85. The maximum Gasteiger partial charge on any atom is 0.221 e. The maximum absolute atomic E-state index is 12.6. The van der Waals surface area contributed by atoms with Crippen molar-refractivity contribution in [2.24, 2.45) is 11.8 Å². The summed E-state index contributed by atoms with van der Waals surface area (Å²) < 4.78 is 0. The van der Waals surface area contributed by atoms with E-state index in [1.807, 2.05) is 0 Å². The fourth-order valence-corrected chi connectivity index (χ4v) is 6.35. The van der Waals surface area contributed by atoms with Gasteiger partial charge in [0.1, 0.15) is 6.17 Å². The van der Waals surface area contributed by atoms with Crippen LogP contribution in [0, 0.1) is 11.8 Å². The van der Waals surface area contributed by atoms with Gasteiger partial charge in [0.05, 0.1) is 0 Å². The molecule has 46 heavy (non-hydrogen) atoms. The second-order valence-electron chi connectivity index (χ2n) is 15.2. The molecule has 0 saturated carbocycles. The number of carbonyl (C=O) groups is 2. The Labute approximate surface area is 288 Å². The van der Waals surface area contributed by atoms with Crippen molar-refractivity contribution in [2.75, 3.05) is 13.1 Å². The van der Waals surface area contributed by atoms with E-state index in [1.165, 1.54) is 141 Å². The SMILES string of the molecule is CCNCCC(NC(=O)CCCCCCCCCCCCCCC(C)C)NC(=O)CCCCCCCCCCCCCCC(C)C. The molecule has 0 heterocycles. The van der Waals surface area contributed by atoms with E-state index in [4.69, 9.17) is 0 Å². The van der Waals surface area contributed by atoms with Crippen molar-refractivity contribution in [3.05, 3.63) is 0 Å². The van der Waals surface area contributed by atoms with Crippen LogP contribution in [-0.2, 0) is 9.59 Å². The highest BCUT2D eigenvalue weighted by molar-refractivity contribution is 5.79. The molecule has 0 aromatic heterocycles. The molecule has 0 aliphatic carbocycles. The minimum absolute atomic E-state index is 0.0707. The molecule has 0 radical (unpaired) electrons. The van der Waals surface area contributed by atoms with E-state index in [2.05, 4.69) is 50.6 Å². The van der Waals surface area contributed by atoms with Gasteiger partial charge in [0.25, 0.3) is 0 Å². The van der Waals surface area contributed by atoms with E-state index in [-0.39, 0.29) is 18.0 Å². The van der Waals surface area contributed by atoms with Crippen LogP contribution in [0.1, 0.15) is 221 Å². The van der Waals surface area contributed by atoms with Gasteiger partial charge in [-0.2, -0.15) is 0 Å². The van der Waals surface area contributed by atoms with Crippen molar-refractivity contribution in [2.45, 2.75) is 227 Å². The molecule has 0 aliphatic rings. The molecule has 0 atom stereocenters. The van der Waals surface area contributed by atoms with E-state index in [0.29, 0.717) is 12.8 Å². The lowest BCUT2D eigenvalue weighted by Gasteiger charge is -2.20. The first-order valence-electron chi connectivity index (χ1n) is 20.6. The smallest absolute Gasteiger partial charge is 0.221 e. The van der Waals surface area contributed by atoms with Gasteiger partial charge < -0.3 is 16.0 Å². The summed E-state index contributed by atoms with van der Waals surface area (Å²) in [6.45, 7) is 13.0. The Kier molecular flexibility index (Phi) is 34.4. The summed E-state index contributed by atoms with van der Waals surface area (Å²) in [7, 11) is 0. The third kappa shape index (κ3) is 35.7. The lowest BCUT2D eigenvalue weighted by molar-refractivity contribution is -0.124. The van der Waals surface area contributed by atoms with Crippen LogP contribution >= 0.6 is 0 Å². The molecule has 5 heteroatoms. The van der Waals surface area contributed by atoms with Crippen LogP contribution < -0.4 is 16.0 Å². The van der Waals surface area contributed by atoms with Gasteiger partial charge in [0.2, 0.25) is 11.8 Å². The second-order valence-corrected chi connectivity index (χ2v) is 15.2. The average Bonchev–Trinajstić information content (AvgIpc) is 3.01. The van der Waals surface area contributed by atoms with E-state index in [1.54, 1.807) is 0 Å². The topological polar surface area (TPSA) is 70.2 Å². The Morgan fingerprint density at radius 3 is 0.978 bits per heavy atom. The number of hydrogen-bond donors (Lipinski definition) is 3. The molecule has 0 bridgehead atoms. The third-order valence-electron chi connectivity index (χ3n) is 9.40. The predicted molar refractivity (Wildman–Crippen MR) is 202 cm³/mol. The summed E-state index contributed by atoms with van der Waals surface area (Å²) >= 11 is 0. The second kappa shape index (κ2) is 35.2. The monoisotopic (exact) mass is 650 g/mol. The molecule has 0 saturated heterocycles. The number of rotatable bonds is 36. The Bertz CT molecular complexity index is 602. The number of unbranched alkanes of at least 4 members (excludes halogenated alkanes) is 22. The lowest BCUT2D eigenvalue weighted by Crippen LogP contribution is -2.49. The highest BCUT2D eigenvalue weighted by Crippen LogP contribution is 2.16. The zero-order valence-corrected chi connectivity index (χ0v) is 32.0. The summed E-state index contributed by atoms with van der Waals surface area (Å²) in [5, 5.41) is 9.52. The van der Waals surface area contributed by atoms with Gasteiger partial charge in [-0.25, -0.2) is 0 Å². The summed E-state index contributed by atoms with van der Waals surface area (Å²) in [6, 6.07) is 0. The van der Waals surface area contributed by atoms with E-state index < -0.39 is 0 Å². The molecule has 0 fully saturated rings. The summed E-state index contributed by atoms with van der Waals surface area (Å²) in [5.41, 5.74) is 0.